The maximum absolute atomic E-state index is 11.1. The third-order valence-electron chi connectivity index (χ3n) is 3.46. The second-order valence-corrected chi connectivity index (χ2v) is 4.87. The molecule has 2 unspecified atom stereocenters. The number of carboxylic acid groups (broad SMARTS) is 1. The fourth-order valence-electron chi connectivity index (χ4n) is 2.13. The molecule has 0 heterocycles. The lowest BCUT2D eigenvalue weighted by Crippen LogP contribution is -2.15. The fourth-order valence-corrected chi connectivity index (χ4v) is 2.13. The lowest BCUT2D eigenvalue weighted by Gasteiger charge is -2.19. The van der Waals surface area contributed by atoms with Gasteiger partial charge in [0.1, 0.15) is 0 Å². The number of allylic oxidation sites excluding steroid dienone is 1. The number of rotatable bonds is 9. The highest BCUT2D eigenvalue weighted by molar-refractivity contribution is 5.73. The van der Waals surface area contributed by atoms with Crippen molar-refractivity contribution in [3.05, 3.63) is 11.6 Å². The van der Waals surface area contributed by atoms with Gasteiger partial charge in [0, 0.05) is 0 Å². The van der Waals surface area contributed by atoms with Gasteiger partial charge >= 0.3 is 5.97 Å². The molecule has 0 saturated carbocycles. The van der Waals surface area contributed by atoms with Crippen molar-refractivity contribution < 1.29 is 9.90 Å². The minimum atomic E-state index is -0.699. The Kier molecular flexibility index (Phi) is 8.83. The lowest BCUT2D eigenvalue weighted by atomic mass is 9.86. The van der Waals surface area contributed by atoms with Crippen molar-refractivity contribution in [2.75, 3.05) is 0 Å². The van der Waals surface area contributed by atoms with E-state index in [2.05, 4.69) is 26.8 Å². The highest BCUT2D eigenvalue weighted by Crippen LogP contribution is 2.26. The molecule has 2 nitrogen and oxygen atoms in total. The molecule has 0 spiro atoms. The number of unbranched alkanes of at least 4 members (excludes halogenated alkanes) is 1. The van der Waals surface area contributed by atoms with Crippen molar-refractivity contribution >= 4 is 5.97 Å². The topological polar surface area (TPSA) is 37.3 Å². The minimum Gasteiger partial charge on any atom is -0.481 e. The smallest absolute Gasteiger partial charge is 0.310 e. The van der Waals surface area contributed by atoms with E-state index in [0.29, 0.717) is 5.92 Å². The second kappa shape index (κ2) is 9.26. The lowest BCUT2D eigenvalue weighted by molar-refractivity contribution is -0.139. The van der Waals surface area contributed by atoms with E-state index in [0.717, 1.165) is 24.8 Å². The van der Waals surface area contributed by atoms with Crippen molar-refractivity contribution in [1.29, 1.82) is 0 Å². The first-order valence-electron chi connectivity index (χ1n) is 6.98. The fraction of sp³-hybridized carbons (Fsp3) is 0.800. The summed E-state index contributed by atoms with van der Waals surface area (Å²) in [6.45, 7) is 8.28. The number of carbonyl (C=O) groups is 1. The molecule has 0 aromatic rings. The maximum Gasteiger partial charge on any atom is 0.310 e. The highest BCUT2D eigenvalue weighted by atomic mass is 16.4. The largest absolute Gasteiger partial charge is 0.481 e. The Labute approximate surface area is 106 Å². The Morgan fingerprint density at radius 2 is 1.94 bits per heavy atom. The maximum atomic E-state index is 11.1. The Hall–Kier alpha value is -0.790. The first kappa shape index (κ1) is 16.2. The molecule has 0 rings (SSSR count). The Morgan fingerprint density at radius 3 is 2.35 bits per heavy atom. The summed E-state index contributed by atoms with van der Waals surface area (Å²) in [5, 5.41) is 9.10. The zero-order valence-electron chi connectivity index (χ0n) is 11.8. The summed E-state index contributed by atoms with van der Waals surface area (Å²) < 4.78 is 0. The molecule has 0 radical (unpaired) electrons. The van der Waals surface area contributed by atoms with E-state index < -0.39 is 5.97 Å². The predicted octanol–water partition coefficient (Wildman–Crippen LogP) is 4.65. The van der Waals surface area contributed by atoms with E-state index in [9.17, 15) is 4.79 Å². The molecule has 17 heavy (non-hydrogen) atoms. The van der Waals surface area contributed by atoms with Crippen molar-refractivity contribution in [2.24, 2.45) is 11.8 Å². The van der Waals surface area contributed by atoms with Crippen LogP contribution in [-0.2, 0) is 4.79 Å². The van der Waals surface area contributed by atoms with E-state index >= 15 is 0 Å². The van der Waals surface area contributed by atoms with Crippen LogP contribution in [0.5, 0.6) is 0 Å². The molecule has 0 amide bonds. The summed E-state index contributed by atoms with van der Waals surface area (Å²) in [6, 6.07) is 0. The van der Waals surface area contributed by atoms with Gasteiger partial charge in [-0.2, -0.15) is 0 Å². The normalized spacial score (nSPS) is 15.6. The van der Waals surface area contributed by atoms with Crippen molar-refractivity contribution in [3.63, 3.8) is 0 Å². The van der Waals surface area contributed by atoms with Crippen LogP contribution in [0, 0.1) is 11.8 Å². The van der Waals surface area contributed by atoms with Gasteiger partial charge in [-0.3, -0.25) is 4.79 Å². The molecule has 0 aromatic carbocycles. The van der Waals surface area contributed by atoms with Gasteiger partial charge in [0.05, 0.1) is 5.92 Å². The van der Waals surface area contributed by atoms with Gasteiger partial charge in [0.15, 0.2) is 0 Å². The molecule has 100 valence electrons. The van der Waals surface area contributed by atoms with Gasteiger partial charge in [-0.25, -0.2) is 0 Å². The molecule has 2 atom stereocenters. The van der Waals surface area contributed by atoms with Crippen molar-refractivity contribution in [3.8, 4) is 0 Å². The molecule has 0 saturated heterocycles. The molecule has 0 aliphatic heterocycles. The molecule has 2 heteroatoms. The number of carboxylic acids is 1. The zero-order chi connectivity index (χ0) is 13.3. The van der Waals surface area contributed by atoms with Gasteiger partial charge in [-0.15, -0.1) is 0 Å². The van der Waals surface area contributed by atoms with Crippen LogP contribution < -0.4 is 0 Å². The molecule has 0 aliphatic carbocycles. The van der Waals surface area contributed by atoms with Crippen LogP contribution in [0.3, 0.4) is 0 Å². The van der Waals surface area contributed by atoms with E-state index in [1.807, 2.05) is 0 Å². The summed E-state index contributed by atoms with van der Waals surface area (Å²) in [6.07, 6.45) is 8.83. The first-order valence-corrected chi connectivity index (χ1v) is 6.98. The average Bonchev–Trinajstić information content (AvgIpc) is 2.32. The number of hydrogen-bond donors (Lipinski definition) is 1. The monoisotopic (exact) mass is 240 g/mol. The van der Waals surface area contributed by atoms with Gasteiger partial charge < -0.3 is 5.11 Å². The molecular weight excluding hydrogens is 212 g/mol. The van der Waals surface area contributed by atoms with Crippen LogP contribution in [-0.4, -0.2) is 11.1 Å². The summed E-state index contributed by atoms with van der Waals surface area (Å²) >= 11 is 0. The molecular formula is C15H28O2. The van der Waals surface area contributed by atoms with Crippen LogP contribution in [0.25, 0.3) is 0 Å². The summed E-state index contributed by atoms with van der Waals surface area (Å²) in [5.74, 6) is -0.379. The highest BCUT2D eigenvalue weighted by Gasteiger charge is 2.19. The van der Waals surface area contributed by atoms with Crippen molar-refractivity contribution in [1.82, 2.24) is 0 Å². The number of aliphatic carboxylic acids is 1. The van der Waals surface area contributed by atoms with Gasteiger partial charge in [-0.1, -0.05) is 58.1 Å². The van der Waals surface area contributed by atoms with E-state index in [1.165, 1.54) is 19.3 Å². The Balaban J connectivity index is 4.51. The standard InChI is InChI=1S/C15H28O2/c1-5-8-10-13(7-3)11-14(9-6-2)12(4)15(16)17/h9,12-13H,5-8,10-11H2,1-4H3,(H,16,17). The van der Waals surface area contributed by atoms with Crippen LogP contribution >= 0.6 is 0 Å². The first-order chi connectivity index (χ1) is 8.06. The summed E-state index contributed by atoms with van der Waals surface area (Å²) in [7, 11) is 0. The molecule has 1 N–H and O–H groups in total. The van der Waals surface area contributed by atoms with Crippen molar-refractivity contribution in [2.45, 2.75) is 66.2 Å². The zero-order valence-corrected chi connectivity index (χ0v) is 11.8. The molecule has 0 aromatic heterocycles. The van der Waals surface area contributed by atoms with E-state index in [1.54, 1.807) is 6.92 Å². The average molecular weight is 240 g/mol. The predicted molar refractivity (Wildman–Crippen MR) is 73.1 cm³/mol. The van der Waals surface area contributed by atoms with Crippen LogP contribution in [0.4, 0.5) is 0 Å². The third kappa shape index (κ3) is 6.50. The quantitative estimate of drug-likeness (QED) is 0.596. The van der Waals surface area contributed by atoms with Crippen LogP contribution in [0.15, 0.2) is 11.6 Å². The van der Waals surface area contributed by atoms with Crippen LogP contribution in [0.2, 0.25) is 0 Å². The molecule has 0 fully saturated rings. The van der Waals surface area contributed by atoms with Gasteiger partial charge in [0.2, 0.25) is 0 Å². The SMILES string of the molecule is CCC=C(CC(CC)CCCC)C(C)C(=O)O. The Bertz CT molecular complexity index is 243. The van der Waals surface area contributed by atoms with Crippen LogP contribution in [0.1, 0.15) is 66.2 Å². The van der Waals surface area contributed by atoms with Gasteiger partial charge in [-0.05, 0) is 25.7 Å². The molecule has 0 aliphatic rings. The molecule has 0 bridgehead atoms. The van der Waals surface area contributed by atoms with E-state index in [-0.39, 0.29) is 5.92 Å². The number of hydrogen-bond acceptors (Lipinski definition) is 1. The third-order valence-corrected chi connectivity index (χ3v) is 3.46. The summed E-state index contributed by atoms with van der Waals surface area (Å²) in [5.41, 5.74) is 1.11. The second-order valence-electron chi connectivity index (χ2n) is 4.87. The van der Waals surface area contributed by atoms with E-state index in [4.69, 9.17) is 5.11 Å². The summed E-state index contributed by atoms with van der Waals surface area (Å²) in [4.78, 5) is 11.1. The minimum absolute atomic E-state index is 0.328. The Morgan fingerprint density at radius 1 is 1.29 bits per heavy atom. The van der Waals surface area contributed by atoms with Gasteiger partial charge in [0.25, 0.3) is 0 Å².